The highest BCUT2D eigenvalue weighted by Crippen LogP contribution is 2.28. The van der Waals surface area contributed by atoms with Gasteiger partial charge in [-0.25, -0.2) is 9.97 Å². The Morgan fingerprint density at radius 3 is 1.82 bits per heavy atom. The van der Waals surface area contributed by atoms with E-state index in [1.807, 2.05) is 72.8 Å². The van der Waals surface area contributed by atoms with Crippen LogP contribution in [0, 0.1) is 11.8 Å². The molecule has 8 bridgehead atoms. The summed E-state index contributed by atoms with van der Waals surface area (Å²) >= 11 is 0. The third-order valence-electron chi connectivity index (χ3n) is 6.60. The monoisotopic (exact) mass is 501 g/mol. The molecular formula is C34H23N5. The number of nitrogens with one attached hydrogen (secondary N) is 2. The Kier molecular flexibility index (Phi) is 5.42. The lowest BCUT2D eigenvalue weighted by molar-refractivity contribution is 1.31. The first-order valence-corrected chi connectivity index (χ1v) is 12.7. The molecule has 2 aromatic carbocycles. The molecule has 0 amide bonds. The van der Waals surface area contributed by atoms with Crippen molar-refractivity contribution in [2.24, 2.45) is 0 Å². The zero-order valence-electron chi connectivity index (χ0n) is 20.9. The van der Waals surface area contributed by atoms with Crippen LogP contribution >= 0.6 is 0 Å². The summed E-state index contributed by atoms with van der Waals surface area (Å²) in [7, 11) is 0. The maximum absolute atomic E-state index is 5.88. The van der Waals surface area contributed by atoms with Gasteiger partial charge in [-0.1, -0.05) is 30.0 Å². The number of aromatic amines is 2. The third-order valence-corrected chi connectivity index (χ3v) is 6.60. The van der Waals surface area contributed by atoms with Gasteiger partial charge in [0.05, 0.1) is 22.8 Å². The van der Waals surface area contributed by atoms with E-state index in [4.69, 9.17) is 15.7 Å². The number of rotatable bonds is 1. The minimum Gasteiger partial charge on any atom is -0.399 e. The molecule has 0 radical (unpaired) electrons. The van der Waals surface area contributed by atoms with Crippen LogP contribution in [0.1, 0.15) is 33.9 Å². The van der Waals surface area contributed by atoms with Gasteiger partial charge < -0.3 is 15.7 Å². The number of fused-ring (bicyclic) bond motifs is 8. The topological polar surface area (TPSA) is 83.4 Å². The van der Waals surface area contributed by atoms with Crippen LogP contribution in [0.3, 0.4) is 0 Å². The van der Waals surface area contributed by atoms with E-state index in [2.05, 4.69) is 64.3 Å². The fraction of sp³-hybridized carbons (Fsp3) is 0. The lowest BCUT2D eigenvalue weighted by Gasteiger charge is -2.00. The quantitative estimate of drug-likeness (QED) is 0.163. The smallest absolute Gasteiger partial charge is 0.0658 e. The van der Waals surface area contributed by atoms with Crippen molar-refractivity contribution in [1.29, 1.82) is 0 Å². The van der Waals surface area contributed by atoms with E-state index in [0.29, 0.717) is 5.69 Å². The van der Waals surface area contributed by atoms with Crippen LogP contribution in [0.25, 0.3) is 57.5 Å². The summed E-state index contributed by atoms with van der Waals surface area (Å²) in [5.74, 6) is 6.42. The first-order chi connectivity index (χ1) is 19.1. The number of aromatic nitrogens is 4. The average molecular weight is 502 g/mol. The molecule has 4 N–H and O–H groups in total. The van der Waals surface area contributed by atoms with Crippen molar-refractivity contribution < 1.29 is 0 Å². The van der Waals surface area contributed by atoms with Gasteiger partial charge in [0.15, 0.2) is 0 Å². The van der Waals surface area contributed by atoms with E-state index in [-0.39, 0.29) is 0 Å². The zero-order valence-corrected chi connectivity index (χ0v) is 20.9. The molecule has 2 aliphatic heterocycles. The lowest BCUT2D eigenvalue weighted by Crippen LogP contribution is -1.84. The molecule has 5 aromatic rings. The molecule has 2 aliphatic rings. The van der Waals surface area contributed by atoms with Crippen LogP contribution in [0.15, 0.2) is 91.0 Å². The number of hydrogen-bond acceptors (Lipinski definition) is 3. The molecule has 0 saturated carbocycles. The Labute approximate surface area is 225 Å². The molecular weight excluding hydrogens is 478 g/mol. The van der Waals surface area contributed by atoms with Gasteiger partial charge in [0, 0.05) is 44.4 Å². The van der Waals surface area contributed by atoms with Gasteiger partial charge in [0.1, 0.15) is 0 Å². The van der Waals surface area contributed by atoms with Crippen molar-refractivity contribution >= 4 is 52.1 Å². The minimum absolute atomic E-state index is 0.711. The van der Waals surface area contributed by atoms with E-state index in [1.54, 1.807) is 0 Å². The molecule has 0 aliphatic carbocycles. The molecule has 0 unspecified atom stereocenters. The molecule has 5 heteroatoms. The summed E-state index contributed by atoms with van der Waals surface area (Å²) in [6.45, 7) is 0. The first kappa shape index (κ1) is 22.6. The Balaban J connectivity index is 1.35. The highest BCUT2D eigenvalue weighted by Gasteiger charge is 2.07. The zero-order chi connectivity index (χ0) is 26.2. The van der Waals surface area contributed by atoms with Crippen LogP contribution in [0.2, 0.25) is 0 Å². The number of benzene rings is 2. The fourth-order valence-electron chi connectivity index (χ4n) is 4.75. The van der Waals surface area contributed by atoms with E-state index in [1.165, 1.54) is 0 Å². The van der Waals surface area contributed by atoms with Crippen molar-refractivity contribution in [3.8, 4) is 23.0 Å². The first-order valence-electron chi connectivity index (χ1n) is 12.7. The second kappa shape index (κ2) is 9.37. The van der Waals surface area contributed by atoms with Gasteiger partial charge in [-0.05, 0) is 103 Å². The second-order valence-electron chi connectivity index (χ2n) is 9.54. The van der Waals surface area contributed by atoms with Crippen molar-refractivity contribution in [2.45, 2.75) is 0 Å². The maximum atomic E-state index is 5.88. The highest BCUT2D eigenvalue weighted by molar-refractivity contribution is 5.88. The number of nitrogens with two attached hydrogens (primary N) is 1. The molecule has 5 heterocycles. The van der Waals surface area contributed by atoms with Crippen molar-refractivity contribution in [3.63, 3.8) is 0 Å². The van der Waals surface area contributed by atoms with E-state index >= 15 is 0 Å². The Bertz CT molecular complexity index is 2030. The molecule has 0 saturated heterocycles. The number of H-pyrrole nitrogens is 2. The molecule has 184 valence electrons. The van der Waals surface area contributed by atoms with E-state index in [0.717, 1.165) is 67.1 Å². The van der Waals surface area contributed by atoms with Crippen molar-refractivity contribution in [3.05, 3.63) is 125 Å². The number of anilines is 1. The Hall–Kier alpha value is -5.60. The Morgan fingerprint density at radius 1 is 0.538 bits per heavy atom. The summed E-state index contributed by atoms with van der Waals surface area (Å²) in [5.41, 5.74) is 18.1. The van der Waals surface area contributed by atoms with Gasteiger partial charge >= 0.3 is 0 Å². The average Bonchev–Trinajstić information content (AvgIpc) is 3.74. The predicted molar refractivity (Wildman–Crippen MR) is 161 cm³/mol. The standard InChI is InChI=1S/C34H23N5/c35-25-3-1-2-23(16-25)5-4-22-6-8-24(9-7-22)33-20-32-19-30-13-12-28(37-30)17-26-10-11-27(36-26)18-29-14-15-31(38-29)21-34(33)39-32/h1-3,6-21,36,39H,35H2. The molecule has 5 nitrogen and oxygen atoms in total. The summed E-state index contributed by atoms with van der Waals surface area (Å²) in [5, 5.41) is 0. The molecule has 39 heavy (non-hydrogen) atoms. The fourth-order valence-corrected chi connectivity index (χ4v) is 4.75. The normalized spacial score (nSPS) is 11.8. The third kappa shape index (κ3) is 4.87. The van der Waals surface area contributed by atoms with Crippen LogP contribution in [-0.2, 0) is 0 Å². The molecule has 0 fully saturated rings. The molecule has 3 aromatic heterocycles. The molecule has 7 rings (SSSR count). The van der Waals surface area contributed by atoms with Gasteiger partial charge in [-0.15, -0.1) is 0 Å². The summed E-state index contributed by atoms with van der Waals surface area (Å²) < 4.78 is 0. The summed E-state index contributed by atoms with van der Waals surface area (Å²) in [6.07, 6.45) is 8.12. The number of nitrogens with zero attached hydrogens (tertiary/aromatic N) is 2. The second-order valence-corrected chi connectivity index (χ2v) is 9.54. The van der Waals surface area contributed by atoms with Crippen LogP contribution in [-0.4, -0.2) is 19.9 Å². The van der Waals surface area contributed by atoms with Gasteiger partial charge in [0.2, 0.25) is 0 Å². The van der Waals surface area contributed by atoms with Gasteiger partial charge in [-0.2, -0.15) is 0 Å². The largest absolute Gasteiger partial charge is 0.399 e. The molecule has 0 atom stereocenters. The maximum Gasteiger partial charge on any atom is 0.0658 e. The van der Waals surface area contributed by atoms with Crippen LogP contribution in [0.4, 0.5) is 5.69 Å². The van der Waals surface area contributed by atoms with Gasteiger partial charge in [0.25, 0.3) is 0 Å². The van der Waals surface area contributed by atoms with Crippen LogP contribution in [0.5, 0.6) is 0 Å². The predicted octanol–water partition coefficient (Wildman–Crippen LogP) is 7.30. The van der Waals surface area contributed by atoms with E-state index < -0.39 is 0 Å². The summed E-state index contributed by atoms with van der Waals surface area (Å²) in [4.78, 5) is 16.6. The van der Waals surface area contributed by atoms with E-state index in [9.17, 15) is 0 Å². The summed E-state index contributed by atoms with van der Waals surface area (Å²) in [6, 6.07) is 30.4. The highest BCUT2D eigenvalue weighted by atomic mass is 14.8. The Morgan fingerprint density at radius 2 is 1.15 bits per heavy atom. The van der Waals surface area contributed by atoms with Gasteiger partial charge in [-0.3, -0.25) is 0 Å². The minimum atomic E-state index is 0.711. The molecule has 0 spiro atoms. The number of hydrogen-bond donors (Lipinski definition) is 3. The SMILES string of the molecule is Nc1cccc(C#Cc2ccc(-c3cc4cc5nc(cc6ccc(cc7nc(cc3[nH]4)C=C7)[nH]6)C=C5)cc2)c1. The lowest BCUT2D eigenvalue weighted by atomic mass is 10.0. The number of nitrogen functional groups attached to an aromatic ring is 1. The van der Waals surface area contributed by atoms with Crippen molar-refractivity contribution in [2.75, 3.05) is 5.73 Å². The van der Waals surface area contributed by atoms with Crippen LogP contribution < -0.4 is 5.73 Å². The van der Waals surface area contributed by atoms with Crippen molar-refractivity contribution in [1.82, 2.24) is 19.9 Å².